The lowest BCUT2D eigenvalue weighted by Gasteiger charge is -2.25. The van der Waals surface area contributed by atoms with Crippen LogP contribution >= 0.6 is 23.5 Å². The molecule has 12 aromatic carbocycles. The molecule has 0 radical (unpaired) electrons. The molecule has 0 aliphatic carbocycles. The molecule has 0 fully saturated rings. The van der Waals surface area contributed by atoms with Crippen LogP contribution in [0.1, 0.15) is 0 Å². The van der Waals surface area contributed by atoms with Gasteiger partial charge in [0.25, 0.3) is 0 Å². The van der Waals surface area contributed by atoms with Crippen LogP contribution in [0, 0.1) is 0 Å². The van der Waals surface area contributed by atoms with Gasteiger partial charge in [-0.1, -0.05) is 193 Å². The van der Waals surface area contributed by atoms with Crippen molar-refractivity contribution < 1.29 is 0 Å². The molecule has 2 aliphatic rings. The maximum absolute atomic E-state index is 2.48. The monoisotopic (exact) mass is 818 g/mol. The summed E-state index contributed by atoms with van der Waals surface area (Å²) in [5.74, 6) is 0. The van der Waals surface area contributed by atoms with Gasteiger partial charge >= 0.3 is 0 Å². The van der Waals surface area contributed by atoms with E-state index in [2.05, 4.69) is 206 Å². The third-order valence-electron chi connectivity index (χ3n) is 13.4. The number of hydrogen-bond donors (Lipinski definition) is 0. The van der Waals surface area contributed by atoms with Crippen molar-refractivity contribution in [1.82, 2.24) is 0 Å². The molecule has 2 heteroatoms. The average Bonchev–Trinajstić information content (AvgIpc) is 3.34. The van der Waals surface area contributed by atoms with Gasteiger partial charge in [0.1, 0.15) is 0 Å². The van der Waals surface area contributed by atoms with E-state index in [1.807, 2.05) is 23.5 Å². The summed E-state index contributed by atoms with van der Waals surface area (Å²) in [6, 6.07) is 77.6. The van der Waals surface area contributed by atoms with Crippen LogP contribution in [0.25, 0.3) is 121 Å². The summed E-state index contributed by atoms with van der Waals surface area (Å²) in [5.41, 5.74) is 15.3. The Morgan fingerprint density at radius 1 is 0.194 bits per heavy atom. The zero-order chi connectivity index (χ0) is 40.5. The first kappa shape index (κ1) is 34.6. The second-order valence-electron chi connectivity index (χ2n) is 16.6. The summed E-state index contributed by atoms with van der Waals surface area (Å²) >= 11 is 3.78. The van der Waals surface area contributed by atoms with Crippen molar-refractivity contribution in [3.05, 3.63) is 206 Å². The predicted octanol–water partition coefficient (Wildman–Crippen LogP) is 17.8. The molecular formula is C60H34S2. The minimum Gasteiger partial charge on any atom is -0.0888 e. The molecule has 0 spiro atoms. The zero-order valence-electron chi connectivity index (χ0n) is 33.4. The number of hydrogen-bond acceptors (Lipinski definition) is 2. The van der Waals surface area contributed by atoms with Gasteiger partial charge in [0.2, 0.25) is 0 Å². The van der Waals surface area contributed by atoms with E-state index in [-0.39, 0.29) is 0 Å². The highest BCUT2D eigenvalue weighted by atomic mass is 32.2. The second-order valence-corrected chi connectivity index (χ2v) is 18.8. The fraction of sp³-hybridized carbons (Fsp3) is 0. The minimum absolute atomic E-state index is 1.23. The normalized spacial score (nSPS) is 12.7. The molecule has 0 saturated carbocycles. The fourth-order valence-corrected chi connectivity index (χ4v) is 13.1. The van der Waals surface area contributed by atoms with Crippen LogP contribution in [-0.4, -0.2) is 0 Å². The van der Waals surface area contributed by atoms with Gasteiger partial charge in [0.05, 0.1) is 0 Å². The van der Waals surface area contributed by atoms with Crippen molar-refractivity contribution in [2.75, 3.05) is 0 Å². The summed E-state index contributed by atoms with van der Waals surface area (Å²) in [6.07, 6.45) is 0. The average molecular weight is 819 g/mol. The van der Waals surface area contributed by atoms with Gasteiger partial charge in [0.15, 0.2) is 0 Å². The third kappa shape index (κ3) is 4.88. The number of benzene rings is 12. The lowest BCUT2D eigenvalue weighted by molar-refractivity contribution is 1.40. The maximum atomic E-state index is 2.48. The van der Waals surface area contributed by atoms with Crippen LogP contribution < -0.4 is 0 Å². The molecule has 2 heterocycles. The van der Waals surface area contributed by atoms with E-state index >= 15 is 0 Å². The molecular weight excluding hydrogens is 785 g/mol. The highest BCUT2D eigenvalue weighted by Gasteiger charge is 2.26. The lowest BCUT2D eigenvalue weighted by atomic mass is 9.80. The SMILES string of the molecule is c1ccc(-c2cc(-c3ccc4c5c(cccc35)-c3ccccc3S4)c3ccc4c(-c5ccccc5)cc(-c5ccc6c7c(cccc57)Sc5ccccc5-6)c5ccc2c3c45)cc1. The molecule has 0 bridgehead atoms. The molecule has 0 atom stereocenters. The first-order chi connectivity index (χ1) is 30.8. The van der Waals surface area contributed by atoms with Crippen LogP contribution in [0.5, 0.6) is 0 Å². The van der Waals surface area contributed by atoms with Crippen molar-refractivity contribution in [1.29, 1.82) is 0 Å². The molecule has 286 valence electrons. The van der Waals surface area contributed by atoms with E-state index in [0.29, 0.717) is 0 Å². The molecule has 0 unspecified atom stereocenters. The van der Waals surface area contributed by atoms with E-state index in [1.54, 1.807) is 0 Å². The lowest BCUT2D eigenvalue weighted by Crippen LogP contribution is -1.97. The number of rotatable bonds is 4. The van der Waals surface area contributed by atoms with Crippen molar-refractivity contribution in [3.8, 4) is 66.8 Å². The molecule has 0 N–H and O–H groups in total. The highest BCUT2D eigenvalue weighted by Crippen LogP contribution is 2.55. The topological polar surface area (TPSA) is 0 Å². The van der Waals surface area contributed by atoms with Gasteiger partial charge in [-0.15, -0.1) is 0 Å². The quantitative estimate of drug-likeness (QED) is 0.162. The Morgan fingerprint density at radius 2 is 0.565 bits per heavy atom. The van der Waals surface area contributed by atoms with E-state index in [1.165, 1.54) is 140 Å². The Morgan fingerprint density at radius 3 is 1.11 bits per heavy atom. The molecule has 0 nitrogen and oxygen atoms in total. The largest absolute Gasteiger partial charge is 0.0888 e. The second kappa shape index (κ2) is 13.2. The molecule has 14 rings (SSSR count). The van der Waals surface area contributed by atoms with Gasteiger partial charge in [-0.3, -0.25) is 0 Å². The van der Waals surface area contributed by atoms with Gasteiger partial charge in [-0.25, -0.2) is 0 Å². The summed E-state index contributed by atoms with van der Waals surface area (Å²) < 4.78 is 0. The predicted molar refractivity (Wildman–Crippen MR) is 266 cm³/mol. The summed E-state index contributed by atoms with van der Waals surface area (Å²) in [7, 11) is 0. The van der Waals surface area contributed by atoms with Crippen LogP contribution in [0.3, 0.4) is 0 Å². The van der Waals surface area contributed by atoms with Gasteiger partial charge in [0, 0.05) is 30.4 Å². The van der Waals surface area contributed by atoms with Crippen LogP contribution in [0.2, 0.25) is 0 Å². The van der Waals surface area contributed by atoms with Gasteiger partial charge in [-0.05, 0) is 146 Å². The first-order valence-corrected chi connectivity index (χ1v) is 23.0. The van der Waals surface area contributed by atoms with Crippen LogP contribution in [-0.2, 0) is 0 Å². The van der Waals surface area contributed by atoms with E-state index < -0.39 is 0 Å². The molecule has 12 aromatic rings. The zero-order valence-corrected chi connectivity index (χ0v) is 35.1. The Kier molecular flexibility index (Phi) is 7.36. The third-order valence-corrected chi connectivity index (χ3v) is 15.7. The Hall–Kier alpha value is -7.10. The number of fused-ring (bicyclic) bond motifs is 4. The Bertz CT molecular complexity index is 3640. The van der Waals surface area contributed by atoms with Gasteiger partial charge in [-0.2, -0.15) is 0 Å². The smallest absolute Gasteiger partial charge is 0.0207 e. The summed E-state index contributed by atoms with van der Waals surface area (Å²) in [6.45, 7) is 0. The van der Waals surface area contributed by atoms with Crippen molar-refractivity contribution >= 4 is 77.4 Å². The molecule has 0 aromatic heterocycles. The van der Waals surface area contributed by atoms with Crippen molar-refractivity contribution in [2.45, 2.75) is 19.6 Å². The van der Waals surface area contributed by atoms with E-state index in [0.717, 1.165) is 0 Å². The summed E-state index contributed by atoms with van der Waals surface area (Å²) in [4.78, 5) is 5.27. The molecule has 0 amide bonds. The summed E-state index contributed by atoms with van der Waals surface area (Å²) in [5, 5.41) is 13.0. The maximum Gasteiger partial charge on any atom is 0.0207 e. The first-order valence-electron chi connectivity index (χ1n) is 21.3. The van der Waals surface area contributed by atoms with Crippen LogP contribution in [0.4, 0.5) is 0 Å². The Balaban J connectivity index is 1.12. The standard InChI is InChI=1S/C60H34S2/c1-3-13-35(14-4-1)49-33-51(37-25-26-44-40-18-8-10-23-54(40)61-55-24-12-21-42(37)58(44)55)47-29-27-46-50(36-15-5-2-6-16-36)34-52(48-30-28-45(49)59(47)60(46)48)38-31-32-56-57-41(38)19-11-20-43(57)39-17-7-9-22-53(39)62-56/h1-34H. The molecule has 62 heavy (non-hydrogen) atoms. The molecule has 0 saturated heterocycles. The van der Waals surface area contributed by atoms with Gasteiger partial charge < -0.3 is 0 Å². The van der Waals surface area contributed by atoms with Crippen molar-refractivity contribution in [2.24, 2.45) is 0 Å². The Labute approximate surface area is 367 Å². The highest BCUT2D eigenvalue weighted by molar-refractivity contribution is 8.00. The van der Waals surface area contributed by atoms with E-state index in [9.17, 15) is 0 Å². The molecule has 2 aliphatic heterocycles. The fourth-order valence-electron chi connectivity index (χ4n) is 10.8. The van der Waals surface area contributed by atoms with Crippen molar-refractivity contribution in [3.63, 3.8) is 0 Å². The van der Waals surface area contributed by atoms with Crippen LogP contribution in [0.15, 0.2) is 226 Å². The minimum atomic E-state index is 1.23. The van der Waals surface area contributed by atoms with E-state index in [4.69, 9.17) is 0 Å².